The molecule has 0 aromatic carbocycles. The molecule has 0 aliphatic heterocycles. The van der Waals surface area contributed by atoms with Crippen molar-refractivity contribution in [3.05, 3.63) is 0 Å². The van der Waals surface area contributed by atoms with Gasteiger partial charge in [0.05, 0.1) is 0 Å². The van der Waals surface area contributed by atoms with E-state index < -0.39 is 10.4 Å². The van der Waals surface area contributed by atoms with Crippen LogP contribution in [-0.4, -0.2) is 45.8 Å². The van der Waals surface area contributed by atoms with Crippen LogP contribution in [0.15, 0.2) is 0 Å². The van der Waals surface area contributed by atoms with Gasteiger partial charge in [-0.1, -0.05) is 0 Å². The van der Waals surface area contributed by atoms with Crippen molar-refractivity contribution in [3.63, 3.8) is 0 Å². The van der Waals surface area contributed by atoms with Gasteiger partial charge in [0, 0.05) is 0 Å². The quantitative estimate of drug-likeness (QED) is 0.288. The van der Waals surface area contributed by atoms with Crippen molar-refractivity contribution < 1.29 is 59.5 Å². The van der Waals surface area contributed by atoms with Gasteiger partial charge >= 0.3 is 40.0 Å². The van der Waals surface area contributed by atoms with Gasteiger partial charge in [-0.25, -0.2) is 0 Å². The van der Waals surface area contributed by atoms with Crippen molar-refractivity contribution in [2.75, 3.05) is 0 Å². The van der Waals surface area contributed by atoms with E-state index in [0.29, 0.717) is 0 Å². The van der Waals surface area contributed by atoms with E-state index in [9.17, 15) is 0 Å². The van der Waals surface area contributed by atoms with Gasteiger partial charge in [0.25, 0.3) is 0 Å². The summed E-state index contributed by atoms with van der Waals surface area (Å²) < 4.78 is 31.6. The van der Waals surface area contributed by atoms with Crippen molar-refractivity contribution in [1.29, 1.82) is 0 Å². The topological polar surface area (TPSA) is 138 Å². The van der Waals surface area contributed by atoms with E-state index in [0.717, 1.165) is 0 Å². The Morgan fingerprint density at radius 2 is 1.11 bits per heavy atom. The molecule has 0 aromatic heterocycles. The summed E-state index contributed by atoms with van der Waals surface area (Å²) in [6, 6.07) is 0. The second kappa shape index (κ2) is 12.0. The van der Waals surface area contributed by atoms with Gasteiger partial charge in [-0.15, -0.1) is 0 Å². The van der Waals surface area contributed by atoms with E-state index in [2.05, 4.69) is 0 Å². The molecule has 6 nitrogen and oxygen atoms in total. The van der Waals surface area contributed by atoms with Crippen LogP contribution in [0, 0.1) is 0 Å². The Morgan fingerprint density at radius 1 is 1.11 bits per heavy atom. The zero-order valence-corrected chi connectivity index (χ0v) is 6.94. The van der Waals surface area contributed by atoms with Crippen LogP contribution in [0.2, 0.25) is 0 Å². The van der Waals surface area contributed by atoms with Gasteiger partial charge in [-0.3, -0.25) is 9.11 Å². The summed E-state index contributed by atoms with van der Waals surface area (Å²) in [6.45, 7) is 0. The molecule has 0 fully saturated rings. The fourth-order valence-electron chi connectivity index (χ4n) is 0. The second-order valence-electron chi connectivity index (χ2n) is 0.448. The van der Waals surface area contributed by atoms with Crippen molar-refractivity contribution in [2.24, 2.45) is 0 Å². The van der Waals surface area contributed by atoms with Gasteiger partial charge < -0.3 is 12.4 Å². The molecule has 0 rings (SSSR count). The first-order valence-corrected chi connectivity index (χ1v) is 2.10. The van der Waals surface area contributed by atoms with E-state index in [1.54, 1.807) is 0 Å². The van der Waals surface area contributed by atoms with Crippen LogP contribution in [0.5, 0.6) is 0 Å². The molecule has 0 amide bonds. The van der Waals surface area contributed by atoms with Gasteiger partial charge in [0.1, 0.15) is 0 Å². The molecule has 0 heterocycles. The first kappa shape index (κ1) is 31.7. The molecule has 0 unspecified atom stereocenters. The first-order chi connectivity index (χ1) is 2.00. The summed E-state index contributed by atoms with van der Waals surface area (Å²) in [6.07, 6.45) is 0. The molecule has 0 aliphatic carbocycles. The Balaban J connectivity index is -0.00000000800. The van der Waals surface area contributed by atoms with E-state index >= 15 is 0 Å². The van der Waals surface area contributed by atoms with Crippen LogP contribution in [0.25, 0.3) is 0 Å². The summed E-state index contributed by atoms with van der Waals surface area (Å²) in [7, 11) is -4.67. The van der Waals surface area contributed by atoms with Crippen molar-refractivity contribution >= 4 is 27.8 Å². The van der Waals surface area contributed by atoms with E-state index in [-0.39, 0.29) is 59.3 Å². The Bertz CT molecular complexity index is 101. The van der Waals surface area contributed by atoms with Crippen molar-refractivity contribution in [1.82, 2.24) is 0 Å². The number of hydrogen-bond acceptors (Lipinski definition) is 2. The van der Waals surface area contributed by atoms with Gasteiger partial charge in [-0.2, -0.15) is 8.42 Å². The molecule has 9 heteroatoms. The molecule has 0 bridgehead atoms. The van der Waals surface area contributed by atoms with Crippen LogP contribution < -0.4 is 29.6 Å². The standard InChI is InChI=1S/Al.Na.H2O4S.2H2O.4H/c;;1-5(2,3)4;;;;;;/h;;(H2,1,2,3,4);2*1H2;;;;/q;+1;;;;;;;-1. The molecule has 9 heavy (non-hydrogen) atoms. The molecule has 0 aromatic rings. The summed E-state index contributed by atoms with van der Waals surface area (Å²) in [5, 5.41) is 0. The molecule has 6 N–H and O–H groups in total. The minimum atomic E-state index is -4.67. The summed E-state index contributed by atoms with van der Waals surface area (Å²) in [4.78, 5) is 0. The van der Waals surface area contributed by atoms with Crippen LogP contribution in [0.4, 0.5) is 0 Å². The van der Waals surface area contributed by atoms with Crippen LogP contribution in [0.3, 0.4) is 0 Å². The van der Waals surface area contributed by atoms with E-state index in [4.69, 9.17) is 17.5 Å². The zero-order valence-electron chi connectivity index (χ0n) is 5.12. The fourth-order valence-corrected chi connectivity index (χ4v) is 0. The average molecular weight is 188 g/mol. The molecule has 56 valence electrons. The van der Waals surface area contributed by atoms with Gasteiger partial charge in [-0.05, 0) is 0 Å². The maximum absolute atomic E-state index is 8.74. The predicted octanol–water partition coefficient (Wildman–Crippen LogP) is -6.37. The third-order valence-corrected chi connectivity index (χ3v) is 0. The predicted molar refractivity (Wildman–Crippen MR) is 32.5 cm³/mol. The van der Waals surface area contributed by atoms with Gasteiger partial charge in [0.2, 0.25) is 0 Å². The number of hydrogen-bond donors (Lipinski definition) is 2. The molecule has 0 radical (unpaired) electrons. The molecular formula is H10AlNaO6S. The van der Waals surface area contributed by atoms with Crippen molar-refractivity contribution in [2.45, 2.75) is 0 Å². The second-order valence-corrected chi connectivity index (χ2v) is 1.34. The first-order valence-electron chi connectivity index (χ1n) is 0.698. The number of rotatable bonds is 0. The third-order valence-electron chi connectivity index (χ3n) is 0. The van der Waals surface area contributed by atoms with Crippen LogP contribution >= 0.6 is 0 Å². The smallest absolute Gasteiger partial charge is 1.00 e. The van der Waals surface area contributed by atoms with E-state index in [1.165, 1.54) is 0 Å². The average Bonchev–Trinajstić information content (AvgIpc) is 0.722. The fraction of sp³-hybridized carbons (Fsp3) is 0. The molecular weight excluding hydrogens is 178 g/mol. The minimum absolute atomic E-state index is 0. The Labute approximate surface area is 86.7 Å². The molecule has 0 aliphatic rings. The monoisotopic (exact) mass is 188 g/mol. The zero-order chi connectivity index (χ0) is 4.50. The van der Waals surface area contributed by atoms with Crippen molar-refractivity contribution in [3.8, 4) is 0 Å². The Hall–Kier alpha value is 1.32. The largest absolute Gasteiger partial charge is 1.00 e. The molecule has 0 saturated carbocycles. The Morgan fingerprint density at radius 3 is 1.11 bits per heavy atom. The maximum atomic E-state index is 8.74. The molecule has 0 atom stereocenters. The van der Waals surface area contributed by atoms with Gasteiger partial charge in [0.15, 0.2) is 17.4 Å². The normalized spacial score (nSPS) is 6.44. The molecule has 0 spiro atoms. The maximum Gasteiger partial charge on any atom is 1.00 e. The minimum Gasteiger partial charge on any atom is -1.00 e. The van der Waals surface area contributed by atoms with Crippen LogP contribution in [0.1, 0.15) is 1.43 Å². The SMILES string of the molecule is O.O.O=S(=O)(O)O.[AlH3].[H-].[Na+]. The van der Waals surface area contributed by atoms with E-state index in [1.807, 2.05) is 0 Å². The summed E-state index contributed by atoms with van der Waals surface area (Å²) in [5.74, 6) is 0. The molecule has 0 saturated heterocycles. The van der Waals surface area contributed by atoms with Crippen LogP contribution in [-0.2, 0) is 10.4 Å². The summed E-state index contributed by atoms with van der Waals surface area (Å²) in [5.41, 5.74) is 0. The Kier molecular flexibility index (Phi) is 42.4. The third kappa shape index (κ3) is 286. The summed E-state index contributed by atoms with van der Waals surface area (Å²) >= 11 is 0.